The summed E-state index contributed by atoms with van der Waals surface area (Å²) in [5.41, 5.74) is 0.217. The van der Waals surface area contributed by atoms with Crippen molar-refractivity contribution < 1.29 is 13.9 Å². The van der Waals surface area contributed by atoms with Gasteiger partial charge in [0.05, 0.1) is 6.20 Å². The summed E-state index contributed by atoms with van der Waals surface area (Å²) in [6.07, 6.45) is 4.07. The number of rotatable bonds is 1. The van der Waals surface area contributed by atoms with Gasteiger partial charge in [0.2, 0.25) is 0 Å². The van der Waals surface area contributed by atoms with Crippen molar-refractivity contribution in [2.45, 2.75) is 45.1 Å². The molecule has 0 aromatic carbocycles. The van der Waals surface area contributed by atoms with Crippen LogP contribution in [0.25, 0.3) is 0 Å². The normalized spacial score (nSPS) is 17.1. The first-order valence-electron chi connectivity index (χ1n) is 6.94. The molecule has 4 nitrogen and oxygen atoms in total. The van der Waals surface area contributed by atoms with Crippen molar-refractivity contribution in [3.63, 3.8) is 0 Å². The minimum absolute atomic E-state index is 0.150. The molecule has 0 N–H and O–H groups in total. The van der Waals surface area contributed by atoms with E-state index in [-0.39, 0.29) is 17.8 Å². The number of nitrogens with zero attached hydrogens (tertiary/aromatic N) is 2. The molecule has 0 unspecified atom stereocenters. The zero-order chi connectivity index (χ0) is 14.8. The molecule has 0 bridgehead atoms. The molecule has 20 heavy (non-hydrogen) atoms. The van der Waals surface area contributed by atoms with E-state index in [9.17, 15) is 9.18 Å². The summed E-state index contributed by atoms with van der Waals surface area (Å²) in [6, 6.07) is 1.73. The Labute approximate surface area is 118 Å². The van der Waals surface area contributed by atoms with Crippen LogP contribution < -0.4 is 0 Å². The Balaban J connectivity index is 1.93. The fourth-order valence-corrected chi connectivity index (χ4v) is 2.42. The largest absolute Gasteiger partial charge is 0.444 e. The molecule has 0 radical (unpaired) electrons. The van der Waals surface area contributed by atoms with Gasteiger partial charge in [-0.25, -0.2) is 9.18 Å². The van der Waals surface area contributed by atoms with E-state index in [2.05, 4.69) is 4.98 Å². The lowest BCUT2D eigenvalue weighted by atomic mass is 9.90. The summed E-state index contributed by atoms with van der Waals surface area (Å²) in [5.74, 6) is -0.111. The summed E-state index contributed by atoms with van der Waals surface area (Å²) in [5, 5.41) is 0. The maximum absolute atomic E-state index is 13.7. The van der Waals surface area contributed by atoms with E-state index in [1.54, 1.807) is 17.2 Å². The SMILES string of the molecule is CC(C)(C)OC(=O)N1CCC(c2ccncc2F)CC1. The zero-order valence-corrected chi connectivity index (χ0v) is 12.2. The first-order valence-corrected chi connectivity index (χ1v) is 6.94. The van der Waals surface area contributed by atoms with Crippen LogP contribution in [0.3, 0.4) is 0 Å². The number of piperidine rings is 1. The Hall–Kier alpha value is -1.65. The minimum atomic E-state index is -0.481. The van der Waals surface area contributed by atoms with E-state index in [4.69, 9.17) is 4.74 Å². The van der Waals surface area contributed by atoms with Crippen molar-refractivity contribution in [3.8, 4) is 0 Å². The Morgan fingerprint density at radius 2 is 2.05 bits per heavy atom. The molecule has 1 saturated heterocycles. The Morgan fingerprint density at radius 1 is 1.40 bits per heavy atom. The highest BCUT2D eigenvalue weighted by atomic mass is 19.1. The van der Waals surface area contributed by atoms with Gasteiger partial charge in [-0.15, -0.1) is 0 Å². The molecule has 1 aromatic heterocycles. The van der Waals surface area contributed by atoms with Crippen molar-refractivity contribution in [2.75, 3.05) is 13.1 Å². The number of likely N-dealkylation sites (tertiary alicyclic amines) is 1. The average Bonchev–Trinajstić information content (AvgIpc) is 2.37. The number of hydrogen-bond donors (Lipinski definition) is 0. The summed E-state index contributed by atoms with van der Waals surface area (Å²) < 4.78 is 19.0. The maximum atomic E-state index is 13.7. The van der Waals surface area contributed by atoms with E-state index >= 15 is 0 Å². The molecule has 2 heterocycles. The first kappa shape index (κ1) is 14.8. The predicted molar refractivity (Wildman–Crippen MR) is 74.0 cm³/mol. The fourth-order valence-electron chi connectivity index (χ4n) is 2.42. The highest BCUT2D eigenvalue weighted by Gasteiger charge is 2.28. The number of carbonyl (C=O) groups is 1. The average molecular weight is 280 g/mol. The van der Waals surface area contributed by atoms with Crippen LogP contribution in [0.2, 0.25) is 0 Å². The van der Waals surface area contributed by atoms with Crippen molar-refractivity contribution in [1.29, 1.82) is 0 Å². The number of aromatic nitrogens is 1. The summed E-state index contributed by atoms with van der Waals surface area (Å²) >= 11 is 0. The number of pyridine rings is 1. The van der Waals surface area contributed by atoms with Crippen LogP contribution in [-0.2, 0) is 4.74 Å². The van der Waals surface area contributed by atoms with E-state index in [1.807, 2.05) is 20.8 Å². The van der Waals surface area contributed by atoms with Crippen molar-refractivity contribution >= 4 is 6.09 Å². The van der Waals surface area contributed by atoms with Crippen molar-refractivity contribution in [2.24, 2.45) is 0 Å². The molecule has 0 aliphatic carbocycles. The summed E-state index contributed by atoms with van der Waals surface area (Å²) in [4.78, 5) is 17.4. The lowest BCUT2D eigenvalue weighted by Crippen LogP contribution is -2.41. The Morgan fingerprint density at radius 3 is 2.60 bits per heavy atom. The lowest BCUT2D eigenvalue weighted by Gasteiger charge is -2.33. The van der Waals surface area contributed by atoms with Gasteiger partial charge in [0.25, 0.3) is 0 Å². The van der Waals surface area contributed by atoms with Gasteiger partial charge in [-0.05, 0) is 51.2 Å². The molecule has 2 rings (SSSR count). The van der Waals surface area contributed by atoms with Crippen LogP contribution in [0.15, 0.2) is 18.5 Å². The summed E-state index contributed by atoms with van der Waals surface area (Å²) in [7, 11) is 0. The second-order valence-electron chi connectivity index (χ2n) is 6.14. The molecule has 1 aromatic rings. The van der Waals surface area contributed by atoms with Crippen LogP contribution in [0.5, 0.6) is 0 Å². The highest BCUT2D eigenvalue weighted by Crippen LogP contribution is 2.29. The smallest absolute Gasteiger partial charge is 0.410 e. The molecule has 1 amide bonds. The topological polar surface area (TPSA) is 42.4 Å². The van der Waals surface area contributed by atoms with Crippen molar-refractivity contribution in [3.05, 3.63) is 29.8 Å². The van der Waals surface area contributed by atoms with E-state index < -0.39 is 5.60 Å². The lowest BCUT2D eigenvalue weighted by molar-refractivity contribution is 0.0204. The van der Waals surface area contributed by atoms with Crippen LogP contribution in [0.1, 0.15) is 45.1 Å². The van der Waals surface area contributed by atoms with Gasteiger partial charge in [-0.2, -0.15) is 0 Å². The third kappa shape index (κ3) is 3.68. The standard InChI is InChI=1S/C15H21FN2O2/c1-15(2,3)20-14(19)18-8-5-11(6-9-18)12-4-7-17-10-13(12)16/h4,7,10-11H,5-6,8-9H2,1-3H3. The second-order valence-corrected chi connectivity index (χ2v) is 6.14. The molecule has 5 heteroatoms. The number of amides is 1. The molecule has 110 valence electrons. The van der Waals surface area contributed by atoms with Gasteiger partial charge < -0.3 is 9.64 Å². The third-order valence-electron chi connectivity index (χ3n) is 3.39. The molecule has 1 aliphatic heterocycles. The van der Waals surface area contributed by atoms with Crippen molar-refractivity contribution in [1.82, 2.24) is 9.88 Å². The summed E-state index contributed by atoms with van der Waals surface area (Å²) in [6.45, 7) is 6.75. The van der Waals surface area contributed by atoms with Gasteiger partial charge in [0.1, 0.15) is 11.4 Å². The highest BCUT2D eigenvalue weighted by molar-refractivity contribution is 5.68. The molecule has 0 spiro atoms. The third-order valence-corrected chi connectivity index (χ3v) is 3.39. The maximum Gasteiger partial charge on any atom is 0.410 e. The first-order chi connectivity index (χ1) is 9.37. The van der Waals surface area contributed by atoms with Gasteiger partial charge in [0, 0.05) is 19.3 Å². The fraction of sp³-hybridized carbons (Fsp3) is 0.600. The Kier molecular flexibility index (Phi) is 4.26. The van der Waals surface area contributed by atoms with Gasteiger partial charge >= 0.3 is 6.09 Å². The van der Waals surface area contributed by atoms with Crippen LogP contribution in [0.4, 0.5) is 9.18 Å². The molecule has 1 fully saturated rings. The molecule has 1 aliphatic rings. The quantitative estimate of drug-likeness (QED) is 0.792. The number of ether oxygens (including phenoxy) is 1. The van der Waals surface area contributed by atoms with Crippen LogP contribution in [-0.4, -0.2) is 34.7 Å². The molecular formula is C15H21FN2O2. The monoisotopic (exact) mass is 280 g/mol. The predicted octanol–water partition coefficient (Wildman–Crippen LogP) is 3.34. The van der Waals surface area contributed by atoms with Crippen LogP contribution in [0, 0.1) is 5.82 Å². The van der Waals surface area contributed by atoms with Gasteiger partial charge in [-0.1, -0.05) is 0 Å². The van der Waals surface area contributed by atoms with Crippen LogP contribution >= 0.6 is 0 Å². The molecular weight excluding hydrogens is 259 g/mol. The van der Waals surface area contributed by atoms with Gasteiger partial charge in [-0.3, -0.25) is 4.98 Å². The van der Waals surface area contributed by atoms with E-state index in [0.29, 0.717) is 18.7 Å². The minimum Gasteiger partial charge on any atom is -0.444 e. The number of hydrogen-bond acceptors (Lipinski definition) is 3. The number of halogens is 1. The second kappa shape index (κ2) is 5.77. The van der Waals surface area contributed by atoms with E-state index in [1.165, 1.54) is 6.20 Å². The Bertz CT molecular complexity index is 477. The van der Waals surface area contributed by atoms with E-state index in [0.717, 1.165) is 12.8 Å². The zero-order valence-electron chi connectivity index (χ0n) is 12.2. The molecule has 0 atom stereocenters. The van der Waals surface area contributed by atoms with Gasteiger partial charge in [0.15, 0.2) is 0 Å². The number of carbonyl (C=O) groups excluding carboxylic acids is 1. The molecule has 0 saturated carbocycles.